The third-order valence-corrected chi connectivity index (χ3v) is 4.36. The van der Waals surface area contributed by atoms with Gasteiger partial charge in [-0.2, -0.15) is 0 Å². The Morgan fingerprint density at radius 2 is 1.76 bits per heavy atom. The van der Waals surface area contributed by atoms with Gasteiger partial charge in [0.2, 0.25) is 0 Å². The highest BCUT2D eigenvalue weighted by molar-refractivity contribution is 6.32. The lowest BCUT2D eigenvalue weighted by atomic mass is 10.0. The van der Waals surface area contributed by atoms with E-state index in [9.17, 15) is 0 Å². The predicted octanol–water partition coefficient (Wildman–Crippen LogP) is 6.36. The van der Waals surface area contributed by atoms with Crippen molar-refractivity contribution in [2.45, 2.75) is 32.7 Å². The van der Waals surface area contributed by atoms with Crippen LogP contribution in [0.4, 0.5) is 0 Å². The molecule has 0 radical (unpaired) electrons. The fraction of sp³-hybridized carbons (Fsp3) is 0.350. The van der Waals surface area contributed by atoms with Gasteiger partial charge in [-0.15, -0.1) is 0 Å². The number of benzene rings is 2. The Labute approximate surface area is 159 Å². The van der Waals surface area contributed by atoms with Gasteiger partial charge in [0.15, 0.2) is 0 Å². The van der Waals surface area contributed by atoms with Crippen LogP contribution >= 0.6 is 23.2 Å². The van der Waals surface area contributed by atoms with E-state index in [4.69, 9.17) is 32.7 Å². The Balaban J connectivity index is 2.15. The van der Waals surface area contributed by atoms with Crippen molar-refractivity contribution < 1.29 is 9.47 Å². The summed E-state index contributed by atoms with van der Waals surface area (Å²) in [6.45, 7) is 4.81. The highest BCUT2D eigenvalue weighted by atomic mass is 35.5. The topological polar surface area (TPSA) is 30.8 Å². The molecule has 0 aliphatic rings. The third kappa shape index (κ3) is 5.38. The zero-order valence-electron chi connectivity index (χ0n) is 14.8. The van der Waals surface area contributed by atoms with Crippen molar-refractivity contribution in [1.29, 1.82) is 0 Å². The molecule has 0 spiro atoms. The minimum atomic E-state index is 0.0261. The van der Waals surface area contributed by atoms with Gasteiger partial charge in [-0.05, 0) is 54.3 Å². The number of nitrogens with zero attached hydrogens (tertiary/aromatic N) is 1. The zero-order chi connectivity index (χ0) is 18.2. The van der Waals surface area contributed by atoms with Crippen LogP contribution in [-0.4, -0.2) is 19.9 Å². The summed E-state index contributed by atoms with van der Waals surface area (Å²) in [6, 6.07) is 11.5. The second-order valence-electron chi connectivity index (χ2n) is 5.63. The number of halogens is 2. The van der Waals surface area contributed by atoms with Crippen LogP contribution in [0.15, 0.2) is 41.4 Å². The summed E-state index contributed by atoms with van der Waals surface area (Å²) in [4.78, 5) is 4.69. The first kappa shape index (κ1) is 19.6. The molecule has 1 unspecified atom stereocenters. The van der Waals surface area contributed by atoms with E-state index in [-0.39, 0.29) is 6.04 Å². The van der Waals surface area contributed by atoms with Crippen molar-refractivity contribution in [1.82, 2.24) is 0 Å². The summed E-state index contributed by atoms with van der Waals surface area (Å²) >= 11 is 12.5. The van der Waals surface area contributed by atoms with Crippen LogP contribution in [0.25, 0.3) is 0 Å². The minimum Gasteiger partial charge on any atom is -0.495 e. The highest BCUT2D eigenvalue weighted by Crippen LogP contribution is 2.30. The second-order valence-corrected chi connectivity index (χ2v) is 6.45. The van der Waals surface area contributed by atoms with Gasteiger partial charge in [-0.25, -0.2) is 0 Å². The minimum absolute atomic E-state index is 0.0261. The maximum Gasteiger partial charge on any atom is 0.137 e. The molecule has 0 saturated carbocycles. The maximum atomic E-state index is 6.27. The molecule has 2 aromatic carbocycles. The van der Waals surface area contributed by atoms with Gasteiger partial charge in [-0.1, -0.05) is 43.1 Å². The molecule has 0 aliphatic carbocycles. The average molecular weight is 380 g/mol. The van der Waals surface area contributed by atoms with Crippen LogP contribution in [0.5, 0.6) is 11.5 Å². The number of rotatable bonds is 8. The lowest BCUT2D eigenvalue weighted by Crippen LogP contribution is -1.97. The van der Waals surface area contributed by atoms with Crippen molar-refractivity contribution in [2.24, 2.45) is 4.99 Å². The summed E-state index contributed by atoms with van der Waals surface area (Å²) in [5.41, 5.74) is 1.99. The smallest absolute Gasteiger partial charge is 0.137 e. The number of aliphatic imine (C=N–C) groups is 1. The molecule has 0 saturated heterocycles. The van der Waals surface area contributed by atoms with E-state index in [2.05, 4.69) is 18.8 Å². The molecular formula is C20H23Cl2NO2. The second kappa shape index (κ2) is 9.69. The highest BCUT2D eigenvalue weighted by Gasteiger charge is 2.10. The maximum absolute atomic E-state index is 6.27. The van der Waals surface area contributed by atoms with E-state index in [1.807, 2.05) is 42.6 Å². The first-order chi connectivity index (χ1) is 12.1. The van der Waals surface area contributed by atoms with Gasteiger partial charge < -0.3 is 9.47 Å². The van der Waals surface area contributed by atoms with Crippen molar-refractivity contribution in [3.05, 3.63) is 57.6 Å². The molecular weight excluding hydrogens is 357 g/mol. The van der Waals surface area contributed by atoms with E-state index in [1.165, 1.54) is 0 Å². The largest absolute Gasteiger partial charge is 0.495 e. The molecule has 0 heterocycles. The molecule has 0 fully saturated rings. The number of hydrogen-bond donors (Lipinski definition) is 0. The zero-order valence-corrected chi connectivity index (χ0v) is 16.3. The van der Waals surface area contributed by atoms with Gasteiger partial charge in [-0.3, -0.25) is 4.99 Å². The third-order valence-electron chi connectivity index (χ3n) is 3.77. The van der Waals surface area contributed by atoms with Crippen LogP contribution in [0.2, 0.25) is 10.0 Å². The molecule has 0 aliphatic heterocycles. The standard InChI is InChI=1S/C20H23Cl2NO2/c1-4-10-25-20-8-6-14(11-16(20)21)13-23-18(5-2)15-7-9-19(24-3)17(22)12-15/h6-9,11-13,18H,4-5,10H2,1-3H3. The molecule has 134 valence electrons. The van der Waals surface area contributed by atoms with E-state index in [0.29, 0.717) is 28.2 Å². The van der Waals surface area contributed by atoms with Gasteiger partial charge in [0, 0.05) is 6.21 Å². The lowest BCUT2D eigenvalue weighted by Gasteiger charge is -2.12. The molecule has 3 nitrogen and oxygen atoms in total. The first-order valence-corrected chi connectivity index (χ1v) is 9.13. The van der Waals surface area contributed by atoms with Crippen LogP contribution in [0.3, 0.4) is 0 Å². The monoisotopic (exact) mass is 379 g/mol. The van der Waals surface area contributed by atoms with Crippen molar-refractivity contribution >= 4 is 29.4 Å². The lowest BCUT2D eigenvalue weighted by molar-refractivity contribution is 0.317. The Kier molecular flexibility index (Phi) is 7.60. The van der Waals surface area contributed by atoms with E-state index < -0.39 is 0 Å². The Morgan fingerprint density at radius 1 is 1.04 bits per heavy atom. The van der Waals surface area contributed by atoms with Crippen LogP contribution < -0.4 is 9.47 Å². The van der Waals surface area contributed by atoms with Gasteiger partial charge >= 0.3 is 0 Å². The molecule has 1 atom stereocenters. The molecule has 2 rings (SSSR count). The van der Waals surface area contributed by atoms with Crippen molar-refractivity contribution in [2.75, 3.05) is 13.7 Å². The van der Waals surface area contributed by atoms with Gasteiger partial charge in [0.25, 0.3) is 0 Å². The van der Waals surface area contributed by atoms with Gasteiger partial charge in [0.05, 0.1) is 29.8 Å². The quantitative estimate of drug-likeness (QED) is 0.499. The van der Waals surface area contributed by atoms with Crippen molar-refractivity contribution in [3.8, 4) is 11.5 Å². The fourth-order valence-electron chi connectivity index (χ4n) is 2.42. The Bertz CT molecular complexity index is 732. The normalized spacial score (nSPS) is 12.4. The SMILES string of the molecule is CCCOc1ccc(C=NC(CC)c2ccc(OC)c(Cl)c2)cc1Cl. The van der Waals surface area contributed by atoms with Crippen LogP contribution in [-0.2, 0) is 0 Å². The Hall–Kier alpha value is -1.71. The molecule has 2 aromatic rings. The number of ether oxygens (including phenoxy) is 2. The summed E-state index contributed by atoms with van der Waals surface area (Å²) < 4.78 is 10.8. The fourth-order valence-corrected chi connectivity index (χ4v) is 2.93. The molecule has 0 bridgehead atoms. The van der Waals surface area contributed by atoms with E-state index in [0.717, 1.165) is 24.0 Å². The molecule has 5 heteroatoms. The van der Waals surface area contributed by atoms with Crippen LogP contribution in [0.1, 0.15) is 43.9 Å². The van der Waals surface area contributed by atoms with Gasteiger partial charge in [0.1, 0.15) is 11.5 Å². The first-order valence-electron chi connectivity index (χ1n) is 8.38. The number of methoxy groups -OCH3 is 1. The summed E-state index contributed by atoms with van der Waals surface area (Å²) in [7, 11) is 1.61. The average Bonchev–Trinajstić information content (AvgIpc) is 2.61. The van der Waals surface area contributed by atoms with E-state index in [1.54, 1.807) is 7.11 Å². The molecule has 25 heavy (non-hydrogen) atoms. The van der Waals surface area contributed by atoms with E-state index >= 15 is 0 Å². The molecule has 0 N–H and O–H groups in total. The van der Waals surface area contributed by atoms with Crippen molar-refractivity contribution in [3.63, 3.8) is 0 Å². The summed E-state index contributed by atoms with van der Waals surface area (Å²) in [5.74, 6) is 1.37. The summed E-state index contributed by atoms with van der Waals surface area (Å²) in [5, 5.41) is 1.19. The van der Waals surface area contributed by atoms with Crippen LogP contribution in [0, 0.1) is 0 Å². The number of hydrogen-bond acceptors (Lipinski definition) is 3. The predicted molar refractivity (Wildman–Crippen MR) is 106 cm³/mol. The Morgan fingerprint density at radius 3 is 2.36 bits per heavy atom. The summed E-state index contributed by atoms with van der Waals surface area (Å²) in [6.07, 6.45) is 3.65. The molecule has 0 amide bonds. The molecule has 0 aromatic heterocycles.